The van der Waals surface area contributed by atoms with Gasteiger partial charge in [-0.15, -0.1) is 0 Å². The van der Waals surface area contributed by atoms with Gasteiger partial charge in [0, 0.05) is 18.2 Å². The van der Waals surface area contributed by atoms with Gasteiger partial charge < -0.3 is 10.7 Å². The van der Waals surface area contributed by atoms with Crippen molar-refractivity contribution in [2.45, 2.75) is 6.42 Å². The molecule has 0 bridgehead atoms. The summed E-state index contributed by atoms with van der Waals surface area (Å²) >= 11 is 4.98. The summed E-state index contributed by atoms with van der Waals surface area (Å²) < 4.78 is 0.550. The zero-order valence-electron chi connectivity index (χ0n) is 5.66. The predicted molar refractivity (Wildman–Crippen MR) is 45.7 cm³/mol. The Morgan fingerprint density at radius 1 is 1.64 bits per heavy atom. The van der Waals surface area contributed by atoms with Crippen LogP contribution in [0.1, 0.15) is 5.56 Å². The molecular formula is C6H6N4S. The zero-order chi connectivity index (χ0) is 7.84. The fraction of sp³-hybridized carbons (Fsp3) is 0.167. The van der Waals surface area contributed by atoms with Crippen molar-refractivity contribution < 1.29 is 0 Å². The molecule has 0 amide bonds. The number of nitrogens with one attached hydrogen (secondary N) is 1. The van der Waals surface area contributed by atoms with Crippen molar-refractivity contribution in [3.63, 3.8) is 0 Å². The topological polar surface area (TPSA) is 67.1 Å². The van der Waals surface area contributed by atoms with Crippen LogP contribution in [0.5, 0.6) is 0 Å². The molecular weight excluding hydrogens is 160 g/mol. The SMILES string of the molecule is Nc1nc(=S)c2c([nH]1)N=CC2. The molecule has 1 aliphatic rings. The van der Waals surface area contributed by atoms with Crippen LogP contribution in [0.3, 0.4) is 0 Å². The van der Waals surface area contributed by atoms with Crippen molar-refractivity contribution in [1.29, 1.82) is 0 Å². The summed E-state index contributed by atoms with van der Waals surface area (Å²) in [6.45, 7) is 0. The van der Waals surface area contributed by atoms with Gasteiger partial charge in [0.15, 0.2) is 5.95 Å². The van der Waals surface area contributed by atoms with Crippen LogP contribution >= 0.6 is 12.2 Å². The molecule has 0 unspecified atom stereocenters. The highest BCUT2D eigenvalue weighted by Gasteiger charge is 2.09. The number of aliphatic imine (C=N–C) groups is 1. The second-order valence-electron chi connectivity index (χ2n) is 2.27. The predicted octanol–water partition coefficient (Wildman–Crippen LogP) is 0.980. The minimum Gasteiger partial charge on any atom is -0.369 e. The van der Waals surface area contributed by atoms with E-state index in [2.05, 4.69) is 15.0 Å². The molecule has 0 fully saturated rings. The Balaban J connectivity index is 2.76. The van der Waals surface area contributed by atoms with Crippen LogP contribution in [0.4, 0.5) is 11.8 Å². The van der Waals surface area contributed by atoms with Gasteiger partial charge in [-0.2, -0.15) is 0 Å². The van der Waals surface area contributed by atoms with Crippen molar-refractivity contribution >= 4 is 30.2 Å². The number of fused-ring (bicyclic) bond motifs is 1. The van der Waals surface area contributed by atoms with Gasteiger partial charge in [0.2, 0.25) is 0 Å². The molecule has 2 rings (SSSR count). The second-order valence-corrected chi connectivity index (χ2v) is 2.66. The quantitative estimate of drug-likeness (QED) is 0.564. The first-order chi connectivity index (χ1) is 5.27. The third-order valence-corrected chi connectivity index (χ3v) is 1.87. The summed E-state index contributed by atoms with van der Waals surface area (Å²) in [4.78, 5) is 10.8. The van der Waals surface area contributed by atoms with E-state index >= 15 is 0 Å². The lowest BCUT2D eigenvalue weighted by Crippen LogP contribution is -1.96. The van der Waals surface area contributed by atoms with Crippen LogP contribution in [0.2, 0.25) is 0 Å². The first-order valence-electron chi connectivity index (χ1n) is 3.18. The van der Waals surface area contributed by atoms with Gasteiger partial charge in [-0.05, 0) is 0 Å². The number of hydrogen-bond acceptors (Lipinski definition) is 4. The van der Waals surface area contributed by atoms with E-state index in [9.17, 15) is 0 Å². The monoisotopic (exact) mass is 166 g/mol. The van der Waals surface area contributed by atoms with E-state index in [1.54, 1.807) is 6.21 Å². The van der Waals surface area contributed by atoms with E-state index in [0.717, 1.165) is 17.8 Å². The Kier molecular flexibility index (Phi) is 1.25. The maximum absolute atomic E-state index is 5.42. The third kappa shape index (κ3) is 0.932. The molecule has 0 aliphatic carbocycles. The number of hydrogen-bond donors (Lipinski definition) is 2. The maximum atomic E-state index is 5.42. The van der Waals surface area contributed by atoms with E-state index in [-0.39, 0.29) is 0 Å². The van der Waals surface area contributed by atoms with E-state index in [1.807, 2.05) is 0 Å². The average molecular weight is 166 g/mol. The van der Waals surface area contributed by atoms with Crippen molar-refractivity contribution in [2.24, 2.45) is 4.99 Å². The van der Waals surface area contributed by atoms with Gasteiger partial charge in [0.1, 0.15) is 10.5 Å². The fourth-order valence-electron chi connectivity index (χ4n) is 1.03. The lowest BCUT2D eigenvalue weighted by atomic mass is 10.3. The summed E-state index contributed by atoms with van der Waals surface area (Å²) in [5.74, 6) is 1.08. The Morgan fingerprint density at radius 2 is 2.45 bits per heavy atom. The number of H-pyrrole nitrogens is 1. The van der Waals surface area contributed by atoms with E-state index in [1.165, 1.54) is 0 Å². The minimum atomic E-state index is 0.327. The molecule has 11 heavy (non-hydrogen) atoms. The number of nitrogen functional groups attached to an aromatic ring is 1. The van der Waals surface area contributed by atoms with Crippen LogP contribution < -0.4 is 5.73 Å². The summed E-state index contributed by atoms with van der Waals surface area (Å²) in [7, 11) is 0. The van der Waals surface area contributed by atoms with Crippen LogP contribution in [-0.4, -0.2) is 16.2 Å². The van der Waals surface area contributed by atoms with Crippen molar-refractivity contribution in [2.75, 3.05) is 5.73 Å². The van der Waals surface area contributed by atoms with Gasteiger partial charge in [-0.3, -0.25) is 0 Å². The number of nitrogens with zero attached hydrogens (tertiary/aromatic N) is 2. The number of rotatable bonds is 0. The van der Waals surface area contributed by atoms with Gasteiger partial charge in [-0.25, -0.2) is 9.98 Å². The van der Waals surface area contributed by atoms with Gasteiger partial charge in [0.25, 0.3) is 0 Å². The summed E-state index contributed by atoms with van der Waals surface area (Å²) in [5, 5.41) is 0. The minimum absolute atomic E-state index is 0.327. The normalized spacial score (nSPS) is 13.5. The van der Waals surface area contributed by atoms with E-state index in [4.69, 9.17) is 18.0 Å². The molecule has 5 heteroatoms. The van der Waals surface area contributed by atoms with Crippen molar-refractivity contribution in [1.82, 2.24) is 9.97 Å². The Labute approximate surface area is 68.2 Å². The number of anilines is 1. The maximum Gasteiger partial charge on any atom is 0.200 e. The number of aromatic amines is 1. The Hall–Kier alpha value is -1.23. The highest BCUT2D eigenvalue weighted by Crippen LogP contribution is 2.21. The molecule has 0 saturated carbocycles. The van der Waals surface area contributed by atoms with Crippen LogP contribution in [0.25, 0.3) is 0 Å². The molecule has 0 saturated heterocycles. The largest absolute Gasteiger partial charge is 0.369 e. The number of nitrogens with two attached hydrogens (primary N) is 1. The van der Waals surface area contributed by atoms with E-state index in [0.29, 0.717) is 10.6 Å². The molecule has 3 N–H and O–H groups in total. The first kappa shape index (κ1) is 6.48. The molecule has 0 radical (unpaired) electrons. The van der Waals surface area contributed by atoms with E-state index < -0.39 is 0 Å². The molecule has 1 aromatic heterocycles. The molecule has 0 spiro atoms. The molecule has 2 heterocycles. The lowest BCUT2D eigenvalue weighted by molar-refractivity contribution is 1.12. The van der Waals surface area contributed by atoms with Crippen molar-refractivity contribution in [3.8, 4) is 0 Å². The zero-order valence-corrected chi connectivity index (χ0v) is 6.48. The lowest BCUT2D eigenvalue weighted by Gasteiger charge is -1.97. The first-order valence-corrected chi connectivity index (χ1v) is 3.59. The standard InChI is InChI=1S/C6H6N4S/c7-6-9-4-3(1-2-8-4)5(11)10-6/h2H,1H2,(H3,7,9,10,11). The molecule has 4 nitrogen and oxygen atoms in total. The van der Waals surface area contributed by atoms with Crippen LogP contribution in [0.15, 0.2) is 4.99 Å². The highest BCUT2D eigenvalue weighted by atomic mass is 32.1. The fourth-order valence-corrected chi connectivity index (χ4v) is 1.30. The van der Waals surface area contributed by atoms with Crippen LogP contribution in [-0.2, 0) is 6.42 Å². The van der Waals surface area contributed by atoms with Crippen LogP contribution in [0, 0.1) is 4.64 Å². The molecule has 1 aromatic rings. The second kappa shape index (κ2) is 2.13. The summed E-state index contributed by atoms with van der Waals surface area (Å²) in [5.41, 5.74) is 6.39. The number of aromatic nitrogens is 2. The molecule has 0 atom stereocenters. The Morgan fingerprint density at radius 3 is 3.27 bits per heavy atom. The smallest absolute Gasteiger partial charge is 0.200 e. The molecule has 56 valence electrons. The average Bonchev–Trinajstić information content (AvgIpc) is 2.34. The molecule has 0 aromatic carbocycles. The third-order valence-electron chi connectivity index (χ3n) is 1.53. The molecule has 1 aliphatic heterocycles. The van der Waals surface area contributed by atoms with Crippen molar-refractivity contribution in [3.05, 3.63) is 10.2 Å². The van der Waals surface area contributed by atoms with Gasteiger partial charge >= 0.3 is 0 Å². The van der Waals surface area contributed by atoms with Gasteiger partial charge in [0.05, 0.1) is 0 Å². The highest BCUT2D eigenvalue weighted by molar-refractivity contribution is 7.71. The Bertz CT molecular complexity index is 379. The summed E-state index contributed by atoms with van der Waals surface area (Å²) in [6, 6.07) is 0. The summed E-state index contributed by atoms with van der Waals surface area (Å²) in [6.07, 6.45) is 2.55. The van der Waals surface area contributed by atoms with Gasteiger partial charge in [-0.1, -0.05) is 12.2 Å².